The molecular formula is C14H18O4. The van der Waals surface area contributed by atoms with Gasteiger partial charge < -0.3 is 9.47 Å². The summed E-state index contributed by atoms with van der Waals surface area (Å²) in [6.45, 7) is 3.81. The Hall–Kier alpha value is -1.84. The lowest BCUT2D eigenvalue weighted by molar-refractivity contribution is -0.146. The van der Waals surface area contributed by atoms with E-state index in [9.17, 15) is 9.59 Å². The van der Waals surface area contributed by atoms with Crippen LogP contribution >= 0.6 is 0 Å². The Kier molecular flexibility index (Phi) is 5.91. The molecule has 0 amide bonds. The predicted molar refractivity (Wildman–Crippen MR) is 67.6 cm³/mol. The SMILES string of the molecule is CCCOC(=O)COc1ccc(CC(C)=O)cc1. The number of Topliss-reactive ketones (excluding diaryl/α,β-unsaturated/α-hetero) is 1. The van der Waals surface area contributed by atoms with Crippen LogP contribution in [0, 0.1) is 0 Å². The second-order valence-corrected chi connectivity index (χ2v) is 4.03. The van der Waals surface area contributed by atoms with Gasteiger partial charge in [0.2, 0.25) is 0 Å². The third kappa shape index (κ3) is 5.48. The summed E-state index contributed by atoms with van der Waals surface area (Å²) in [7, 11) is 0. The van der Waals surface area contributed by atoms with E-state index in [1.807, 2.05) is 19.1 Å². The van der Waals surface area contributed by atoms with Gasteiger partial charge >= 0.3 is 5.97 Å². The molecule has 0 saturated heterocycles. The normalized spacial score (nSPS) is 9.89. The van der Waals surface area contributed by atoms with Crippen LogP contribution in [0.25, 0.3) is 0 Å². The van der Waals surface area contributed by atoms with Gasteiger partial charge in [0.05, 0.1) is 6.61 Å². The molecule has 1 aromatic carbocycles. The van der Waals surface area contributed by atoms with E-state index in [-0.39, 0.29) is 18.4 Å². The zero-order valence-corrected chi connectivity index (χ0v) is 10.8. The molecule has 0 atom stereocenters. The van der Waals surface area contributed by atoms with Gasteiger partial charge in [-0.1, -0.05) is 19.1 Å². The Morgan fingerprint density at radius 1 is 1.17 bits per heavy atom. The molecule has 0 aliphatic rings. The molecule has 0 unspecified atom stereocenters. The van der Waals surface area contributed by atoms with Crippen molar-refractivity contribution in [2.45, 2.75) is 26.7 Å². The summed E-state index contributed by atoms with van der Waals surface area (Å²) in [5.41, 5.74) is 0.934. The minimum atomic E-state index is -0.371. The van der Waals surface area contributed by atoms with E-state index >= 15 is 0 Å². The Labute approximate surface area is 107 Å². The van der Waals surface area contributed by atoms with Gasteiger partial charge in [-0.2, -0.15) is 0 Å². The second-order valence-electron chi connectivity index (χ2n) is 4.03. The third-order valence-electron chi connectivity index (χ3n) is 2.20. The van der Waals surface area contributed by atoms with Crippen molar-refractivity contribution < 1.29 is 19.1 Å². The lowest BCUT2D eigenvalue weighted by atomic mass is 10.1. The first-order valence-electron chi connectivity index (χ1n) is 5.98. The molecule has 0 radical (unpaired) electrons. The Morgan fingerprint density at radius 3 is 2.39 bits per heavy atom. The number of hydrogen-bond acceptors (Lipinski definition) is 4. The van der Waals surface area contributed by atoms with E-state index in [4.69, 9.17) is 9.47 Å². The topological polar surface area (TPSA) is 52.6 Å². The fourth-order valence-corrected chi connectivity index (χ4v) is 1.39. The molecule has 0 aliphatic carbocycles. The third-order valence-corrected chi connectivity index (χ3v) is 2.20. The quantitative estimate of drug-likeness (QED) is 0.696. The average molecular weight is 250 g/mol. The number of esters is 1. The maximum Gasteiger partial charge on any atom is 0.344 e. The van der Waals surface area contributed by atoms with Crippen LogP contribution < -0.4 is 4.74 Å². The molecule has 18 heavy (non-hydrogen) atoms. The largest absolute Gasteiger partial charge is 0.482 e. The molecule has 0 bridgehead atoms. The Morgan fingerprint density at radius 2 is 1.83 bits per heavy atom. The van der Waals surface area contributed by atoms with Crippen molar-refractivity contribution in [3.63, 3.8) is 0 Å². The van der Waals surface area contributed by atoms with Crippen molar-refractivity contribution in [2.24, 2.45) is 0 Å². The van der Waals surface area contributed by atoms with Crippen LogP contribution in [-0.4, -0.2) is 25.0 Å². The van der Waals surface area contributed by atoms with Crippen LogP contribution in [0.2, 0.25) is 0 Å². The molecular weight excluding hydrogens is 232 g/mol. The number of carbonyl (C=O) groups excluding carboxylic acids is 2. The molecule has 1 aromatic rings. The van der Waals surface area contributed by atoms with Crippen LogP contribution in [0.1, 0.15) is 25.8 Å². The van der Waals surface area contributed by atoms with Gasteiger partial charge in [-0.25, -0.2) is 4.79 Å². The first-order valence-corrected chi connectivity index (χ1v) is 5.98. The molecule has 4 nitrogen and oxygen atoms in total. The van der Waals surface area contributed by atoms with Gasteiger partial charge in [0.1, 0.15) is 11.5 Å². The smallest absolute Gasteiger partial charge is 0.344 e. The highest BCUT2D eigenvalue weighted by Gasteiger charge is 2.04. The monoisotopic (exact) mass is 250 g/mol. The first kappa shape index (κ1) is 14.2. The van der Waals surface area contributed by atoms with E-state index < -0.39 is 0 Å². The van der Waals surface area contributed by atoms with Crippen molar-refractivity contribution >= 4 is 11.8 Å². The van der Waals surface area contributed by atoms with Gasteiger partial charge in [-0.15, -0.1) is 0 Å². The van der Waals surface area contributed by atoms with Crippen LogP contribution in [-0.2, 0) is 20.7 Å². The zero-order chi connectivity index (χ0) is 13.4. The number of ether oxygens (including phenoxy) is 2. The minimum absolute atomic E-state index is 0.0912. The van der Waals surface area contributed by atoms with E-state index in [0.717, 1.165) is 12.0 Å². The van der Waals surface area contributed by atoms with Crippen molar-refractivity contribution in [3.8, 4) is 5.75 Å². The van der Waals surface area contributed by atoms with Gasteiger partial charge in [-0.05, 0) is 31.0 Å². The number of ketones is 1. The second kappa shape index (κ2) is 7.48. The summed E-state index contributed by atoms with van der Waals surface area (Å²) in [5.74, 6) is 0.340. The van der Waals surface area contributed by atoms with Crippen LogP contribution in [0.3, 0.4) is 0 Å². The lowest BCUT2D eigenvalue weighted by Gasteiger charge is -2.06. The van der Waals surface area contributed by atoms with Crippen LogP contribution in [0.4, 0.5) is 0 Å². The summed E-state index contributed by atoms with van der Waals surface area (Å²) >= 11 is 0. The lowest BCUT2D eigenvalue weighted by Crippen LogP contribution is -2.15. The minimum Gasteiger partial charge on any atom is -0.482 e. The number of benzene rings is 1. The predicted octanol–water partition coefficient (Wildman–Crippen LogP) is 2.15. The highest BCUT2D eigenvalue weighted by molar-refractivity contribution is 5.78. The average Bonchev–Trinajstić information content (AvgIpc) is 2.35. The van der Waals surface area contributed by atoms with E-state index in [0.29, 0.717) is 18.8 Å². The van der Waals surface area contributed by atoms with Crippen LogP contribution in [0.5, 0.6) is 5.75 Å². The van der Waals surface area contributed by atoms with Gasteiger partial charge in [0.25, 0.3) is 0 Å². The summed E-state index contributed by atoms with van der Waals surface area (Å²) in [6.07, 6.45) is 1.21. The molecule has 1 rings (SSSR count). The summed E-state index contributed by atoms with van der Waals surface area (Å²) in [5, 5.41) is 0. The van der Waals surface area contributed by atoms with Crippen molar-refractivity contribution in [1.29, 1.82) is 0 Å². The summed E-state index contributed by atoms with van der Waals surface area (Å²) in [6, 6.07) is 7.11. The molecule has 0 spiro atoms. The highest BCUT2D eigenvalue weighted by Crippen LogP contribution is 2.12. The molecule has 0 N–H and O–H groups in total. The molecule has 0 heterocycles. The van der Waals surface area contributed by atoms with Crippen molar-refractivity contribution in [1.82, 2.24) is 0 Å². The van der Waals surface area contributed by atoms with Crippen molar-refractivity contribution in [3.05, 3.63) is 29.8 Å². The number of carbonyl (C=O) groups is 2. The molecule has 98 valence electrons. The highest BCUT2D eigenvalue weighted by atomic mass is 16.6. The number of rotatable bonds is 7. The summed E-state index contributed by atoms with van der Waals surface area (Å²) in [4.78, 5) is 22.1. The van der Waals surface area contributed by atoms with Gasteiger partial charge in [-0.3, -0.25) is 4.79 Å². The summed E-state index contributed by atoms with van der Waals surface area (Å²) < 4.78 is 10.1. The fraction of sp³-hybridized carbons (Fsp3) is 0.429. The molecule has 0 fully saturated rings. The first-order chi connectivity index (χ1) is 8.61. The molecule has 0 aromatic heterocycles. The van der Waals surface area contributed by atoms with Gasteiger partial charge in [0.15, 0.2) is 6.61 Å². The van der Waals surface area contributed by atoms with E-state index in [1.54, 1.807) is 19.1 Å². The molecule has 4 heteroatoms. The maximum atomic E-state index is 11.2. The Balaban J connectivity index is 2.39. The van der Waals surface area contributed by atoms with E-state index in [1.165, 1.54) is 0 Å². The molecule has 0 aliphatic heterocycles. The zero-order valence-electron chi connectivity index (χ0n) is 10.8. The maximum absolute atomic E-state index is 11.2. The standard InChI is InChI=1S/C14H18O4/c1-3-8-17-14(16)10-18-13-6-4-12(5-7-13)9-11(2)15/h4-7H,3,8-10H2,1-2H3. The fourth-order valence-electron chi connectivity index (χ4n) is 1.39. The van der Waals surface area contributed by atoms with E-state index in [2.05, 4.69) is 0 Å². The molecule has 0 saturated carbocycles. The van der Waals surface area contributed by atoms with Gasteiger partial charge in [0, 0.05) is 6.42 Å². The Bertz CT molecular complexity index is 395. The van der Waals surface area contributed by atoms with Crippen molar-refractivity contribution in [2.75, 3.05) is 13.2 Å². The van der Waals surface area contributed by atoms with Crippen LogP contribution in [0.15, 0.2) is 24.3 Å². The number of hydrogen-bond donors (Lipinski definition) is 0.